The average molecular weight is 387 g/mol. The number of aryl methyl sites for hydroxylation is 1. The molecule has 0 saturated carbocycles. The highest BCUT2D eigenvalue weighted by atomic mass is 16.3. The van der Waals surface area contributed by atoms with Crippen LogP contribution in [0.1, 0.15) is 37.9 Å². The van der Waals surface area contributed by atoms with Crippen molar-refractivity contribution < 1.29 is 4.42 Å². The van der Waals surface area contributed by atoms with Gasteiger partial charge >= 0.3 is 0 Å². The molecule has 7 nitrogen and oxygen atoms in total. The first kappa shape index (κ1) is 17.6. The first-order valence-corrected chi connectivity index (χ1v) is 9.78. The summed E-state index contributed by atoms with van der Waals surface area (Å²) in [6, 6.07) is 11.5. The molecule has 29 heavy (non-hydrogen) atoms. The van der Waals surface area contributed by atoms with Gasteiger partial charge in [-0.2, -0.15) is 0 Å². The van der Waals surface area contributed by atoms with Crippen LogP contribution < -0.4 is 5.56 Å². The van der Waals surface area contributed by atoms with Gasteiger partial charge in [0.25, 0.3) is 5.56 Å². The highest BCUT2D eigenvalue weighted by Crippen LogP contribution is 2.27. The van der Waals surface area contributed by atoms with Gasteiger partial charge in [0.2, 0.25) is 0 Å². The summed E-state index contributed by atoms with van der Waals surface area (Å²) in [5, 5.41) is 0.510. The third-order valence-electron chi connectivity index (χ3n) is 5.50. The number of para-hydroxylation sites is 2. The quantitative estimate of drug-likeness (QED) is 0.461. The lowest BCUT2D eigenvalue weighted by atomic mass is 10.2. The number of aromatic nitrogens is 5. The van der Waals surface area contributed by atoms with E-state index in [1.807, 2.05) is 54.8 Å². The van der Waals surface area contributed by atoms with E-state index in [9.17, 15) is 4.79 Å². The van der Waals surface area contributed by atoms with E-state index >= 15 is 0 Å². The lowest BCUT2D eigenvalue weighted by Gasteiger charge is -2.16. The molecule has 0 aliphatic rings. The Morgan fingerprint density at radius 3 is 2.48 bits per heavy atom. The predicted molar refractivity (Wildman–Crippen MR) is 112 cm³/mol. The lowest BCUT2D eigenvalue weighted by Crippen LogP contribution is -2.26. The maximum Gasteiger partial charge on any atom is 0.265 e. The van der Waals surface area contributed by atoms with Crippen molar-refractivity contribution in [2.75, 3.05) is 0 Å². The molecule has 0 saturated heterocycles. The summed E-state index contributed by atoms with van der Waals surface area (Å²) in [6.45, 7) is 6.40. The Labute approximate surface area is 166 Å². The van der Waals surface area contributed by atoms with Gasteiger partial charge in [0.15, 0.2) is 11.3 Å². The number of nitrogens with zero attached hydrogens (tertiary/aromatic N) is 5. The monoisotopic (exact) mass is 387 g/mol. The van der Waals surface area contributed by atoms with E-state index in [2.05, 4.69) is 6.92 Å². The maximum absolute atomic E-state index is 13.5. The molecule has 0 spiro atoms. The molecule has 0 amide bonds. The normalized spacial score (nSPS) is 12.9. The third kappa shape index (κ3) is 2.65. The zero-order valence-electron chi connectivity index (χ0n) is 16.6. The number of hydrogen-bond acceptors (Lipinski definition) is 5. The smallest absolute Gasteiger partial charge is 0.265 e. The maximum atomic E-state index is 13.5. The molecule has 4 heterocycles. The Hall–Kier alpha value is -3.48. The largest absolute Gasteiger partial charge is 0.467 e. The summed E-state index contributed by atoms with van der Waals surface area (Å²) in [5.41, 5.74) is 3.28. The second-order valence-electron chi connectivity index (χ2n) is 7.34. The molecule has 5 rings (SSSR count). The summed E-state index contributed by atoms with van der Waals surface area (Å²) < 4.78 is 9.24. The SMILES string of the molecule is CC[C@H](C)n1c(C)nc2c(c1=O)c1nc3ccccc3nc1n2Cc1ccco1. The molecule has 0 fully saturated rings. The minimum atomic E-state index is -0.0744. The molecule has 1 aromatic carbocycles. The summed E-state index contributed by atoms with van der Waals surface area (Å²) >= 11 is 0. The molecule has 0 aliphatic carbocycles. The lowest BCUT2D eigenvalue weighted by molar-refractivity contribution is 0.491. The van der Waals surface area contributed by atoms with Crippen molar-refractivity contribution in [3.63, 3.8) is 0 Å². The van der Waals surface area contributed by atoms with Crippen LogP contribution in [0.2, 0.25) is 0 Å². The summed E-state index contributed by atoms with van der Waals surface area (Å²) in [6.07, 6.45) is 2.48. The summed E-state index contributed by atoms with van der Waals surface area (Å²) in [7, 11) is 0. The van der Waals surface area contributed by atoms with Crippen LogP contribution in [0.5, 0.6) is 0 Å². The van der Waals surface area contributed by atoms with Crippen molar-refractivity contribution in [1.82, 2.24) is 24.1 Å². The van der Waals surface area contributed by atoms with E-state index in [0.717, 1.165) is 23.2 Å². The second kappa shape index (κ2) is 6.55. The first-order valence-electron chi connectivity index (χ1n) is 9.78. The minimum Gasteiger partial charge on any atom is -0.467 e. The Kier molecular flexibility index (Phi) is 3.97. The van der Waals surface area contributed by atoms with E-state index in [4.69, 9.17) is 19.4 Å². The Morgan fingerprint density at radius 2 is 1.79 bits per heavy atom. The zero-order chi connectivity index (χ0) is 20.1. The van der Waals surface area contributed by atoms with Crippen LogP contribution in [0, 0.1) is 6.92 Å². The topological polar surface area (TPSA) is 78.7 Å². The molecule has 7 heteroatoms. The number of furan rings is 1. The van der Waals surface area contributed by atoms with Crippen LogP contribution in [0.4, 0.5) is 0 Å². The van der Waals surface area contributed by atoms with E-state index < -0.39 is 0 Å². The fraction of sp³-hybridized carbons (Fsp3) is 0.273. The van der Waals surface area contributed by atoms with Crippen LogP contribution in [0.15, 0.2) is 51.9 Å². The number of rotatable bonds is 4. The van der Waals surface area contributed by atoms with E-state index in [0.29, 0.717) is 34.6 Å². The number of benzene rings is 1. The fourth-order valence-corrected chi connectivity index (χ4v) is 3.89. The first-order chi connectivity index (χ1) is 14.1. The van der Waals surface area contributed by atoms with Gasteiger partial charge in [-0.05, 0) is 44.5 Å². The molecule has 0 bridgehead atoms. The van der Waals surface area contributed by atoms with Crippen LogP contribution >= 0.6 is 0 Å². The van der Waals surface area contributed by atoms with Crippen LogP contribution in [-0.2, 0) is 6.54 Å². The van der Waals surface area contributed by atoms with Crippen LogP contribution in [0.25, 0.3) is 33.2 Å². The Morgan fingerprint density at radius 1 is 1.03 bits per heavy atom. The summed E-state index contributed by atoms with van der Waals surface area (Å²) in [4.78, 5) is 28.0. The van der Waals surface area contributed by atoms with Gasteiger partial charge in [0.05, 0.1) is 23.8 Å². The molecule has 0 aliphatic heterocycles. The molecular weight excluding hydrogens is 366 g/mol. The second-order valence-corrected chi connectivity index (χ2v) is 7.34. The summed E-state index contributed by atoms with van der Waals surface area (Å²) in [5.74, 6) is 1.45. The van der Waals surface area contributed by atoms with E-state index in [1.165, 1.54) is 0 Å². The molecule has 5 aromatic rings. The molecule has 1 atom stereocenters. The highest BCUT2D eigenvalue weighted by molar-refractivity contribution is 6.04. The molecular formula is C22H21N5O2. The molecule has 4 aromatic heterocycles. The van der Waals surface area contributed by atoms with Crippen molar-refractivity contribution in [1.29, 1.82) is 0 Å². The minimum absolute atomic E-state index is 0.0521. The number of hydrogen-bond donors (Lipinski definition) is 0. The zero-order valence-corrected chi connectivity index (χ0v) is 16.6. The van der Waals surface area contributed by atoms with Crippen LogP contribution in [-0.4, -0.2) is 24.1 Å². The molecule has 0 N–H and O–H groups in total. The highest BCUT2D eigenvalue weighted by Gasteiger charge is 2.23. The number of fused-ring (bicyclic) bond motifs is 4. The van der Waals surface area contributed by atoms with Gasteiger partial charge in [-0.15, -0.1) is 0 Å². The van der Waals surface area contributed by atoms with E-state index in [-0.39, 0.29) is 11.6 Å². The van der Waals surface area contributed by atoms with Gasteiger partial charge in [-0.25, -0.2) is 15.0 Å². The van der Waals surface area contributed by atoms with Gasteiger partial charge in [-0.3, -0.25) is 9.36 Å². The molecule has 0 radical (unpaired) electrons. The van der Waals surface area contributed by atoms with E-state index in [1.54, 1.807) is 10.8 Å². The van der Waals surface area contributed by atoms with Crippen molar-refractivity contribution in [2.45, 2.75) is 39.8 Å². The fourth-order valence-electron chi connectivity index (χ4n) is 3.89. The van der Waals surface area contributed by atoms with Crippen molar-refractivity contribution in [3.05, 3.63) is 64.6 Å². The van der Waals surface area contributed by atoms with Crippen LogP contribution in [0.3, 0.4) is 0 Å². The third-order valence-corrected chi connectivity index (χ3v) is 5.50. The van der Waals surface area contributed by atoms with Gasteiger partial charge in [0, 0.05) is 6.04 Å². The predicted octanol–water partition coefficient (Wildman–Crippen LogP) is 4.22. The van der Waals surface area contributed by atoms with Crippen molar-refractivity contribution in [2.24, 2.45) is 0 Å². The standard InChI is InChI=1S/C22H21N5O2/c1-4-13(2)27-14(3)23-20-18(22(27)28)19-21(26(20)12-15-8-7-11-29-15)25-17-10-6-5-9-16(17)24-19/h5-11,13H,4,12H2,1-3H3/t13-/m0/s1. The molecule has 146 valence electrons. The van der Waals surface area contributed by atoms with Crippen molar-refractivity contribution >= 4 is 33.2 Å². The van der Waals surface area contributed by atoms with Gasteiger partial charge in [-0.1, -0.05) is 19.1 Å². The Balaban J connectivity index is 1.94. The van der Waals surface area contributed by atoms with Gasteiger partial charge in [0.1, 0.15) is 22.5 Å². The average Bonchev–Trinajstić information content (AvgIpc) is 3.33. The van der Waals surface area contributed by atoms with Gasteiger partial charge < -0.3 is 8.98 Å². The van der Waals surface area contributed by atoms with Crippen molar-refractivity contribution in [3.8, 4) is 0 Å². The Bertz CT molecular complexity index is 1410. The molecule has 0 unspecified atom stereocenters.